The predicted molar refractivity (Wildman–Crippen MR) is 161 cm³/mol. The van der Waals surface area contributed by atoms with Crippen LogP contribution < -0.4 is 9.62 Å². The van der Waals surface area contributed by atoms with Gasteiger partial charge >= 0.3 is 0 Å². The van der Waals surface area contributed by atoms with E-state index < -0.39 is 28.5 Å². The summed E-state index contributed by atoms with van der Waals surface area (Å²) >= 11 is 12.1. The average molecular weight is 605 g/mol. The molecular formula is C30H35Cl2N3O4S. The number of nitrogens with one attached hydrogen (secondary N) is 1. The summed E-state index contributed by atoms with van der Waals surface area (Å²) in [4.78, 5) is 28.8. The Balaban J connectivity index is 2.05. The van der Waals surface area contributed by atoms with Gasteiger partial charge in [0.2, 0.25) is 11.8 Å². The van der Waals surface area contributed by atoms with Crippen molar-refractivity contribution in [3.05, 3.63) is 94.0 Å². The SMILES string of the molecule is CC[C@@H](C)NC(=O)[C@@H](CC)N(Cc1ccc(Cl)cc1)C(=O)CN(c1cccc(C)c1)S(=O)(=O)c1ccc(Cl)cc1. The minimum Gasteiger partial charge on any atom is -0.352 e. The van der Waals surface area contributed by atoms with Crippen LogP contribution in [0.4, 0.5) is 5.69 Å². The van der Waals surface area contributed by atoms with E-state index in [4.69, 9.17) is 23.2 Å². The molecule has 2 amide bonds. The highest BCUT2D eigenvalue weighted by Gasteiger charge is 2.34. The maximum atomic E-state index is 14.1. The zero-order chi connectivity index (χ0) is 29.4. The monoisotopic (exact) mass is 603 g/mol. The van der Waals surface area contributed by atoms with Gasteiger partial charge in [-0.05, 0) is 86.3 Å². The number of anilines is 1. The average Bonchev–Trinajstić information content (AvgIpc) is 2.92. The van der Waals surface area contributed by atoms with Crippen LogP contribution in [-0.4, -0.2) is 43.8 Å². The van der Waals surface area contributed by atoms with Gasteiger partial charge in [-0.3, -0.25) is 13.9 Å². The molecule has 0 saturated carbocycles. The third-order valence-electron chi connectivity index (χ3n) is 6.62. The summed E-state index contributed by atoms with van der Waals surface area (Å²) in [6.45, 7) is 7.13. The van der Waals surface area contributed by atoms with Crippen molar-refractivity contribution in [3.8, 4) is 0 Å². The third-order valence-corrected chi connectivity index (χ3v) is 8.92. The van der Waals surface area contributed by atoms with Crippen LogP contribution in [0.1, 0.15) is 44.7 Å². The number of benzene rings is 3. The van der Waals surface area contributed by atoms with Gasteiger partial charge < -0.3 is 10.2 Å². The third kappa shape index (κ3) is 7.99. The van der Waals surface area contributed by atoms with Crippen LogP contribution in [0, 0.1) is 6.92 Å². The van der Waals surface area contributed by atoms with Crippen LogP contribution in [0.15, 0.2) is 77.7 Å². The lowest BCUT2D eigenvalue weighted by atomic mass is 10.1. The molecule has 3 aromatic carbocycles. The number of halogens is 2. The molecule has 3 rings (SSSR count). The first-order chi connectivity index (χ1) is 19.0. The molecule has 0 spiro atoms. The Morgan fingerprint density at radius 2 is 1.50 bits per heavy atom. The molecule has 0 fully saturated rings. The van der Waals surface area contributed by atoms with Gasteiger partial charge in [0.05, 0.1) is 10.6 Å². The zero-order valence-electron chi connectivity index (χ0n) is 23.1. The predicted octanol–water partition coefficient (Wildman–Crippen LogP) is 6.22. The van der Waals surface area contributed by atoms with Gasteiger partial charge in [0, 0.05) is 22.6 Å². The Morgan fingerprint density at radius 1 is 0.900 bits per heavy atom. The quantitative estimate of drug-likeness (QED) is 0.266. The molecule has 1 N–H and O–H groups in total. The summed E-state index contributed by atoms with van der Waals surface area (Å²) in [5, 5.41) is 3.90. The summed E-state index contributed by atoms with van der Waals surface area (Å²) in [7, 11) is -4.16. The van der Waals surface area contributed by atoms with Gasteiger partial charge in [-0.25, -0.2) is 8.42 Å². The molecule has 0 aliphatic heterocycles. The molecule has 40 heavy (non-hydrogen) atoms. The first kappa shape index (κ1) is 31.5. The molecule has 0 unspecified atom stereocenters. The number of rotatable bonds is 12. The minimum absolute atomic E-state index is 0.00277. The fourth-order valence-electron chi connectivity index (χ4n) is 4.19. The molecule has 10 heteroatoms. The van der Waals surface area contributed by atoms with Crippen LogP contribution in [-0.2, 0) is 26.2 Å². The van der Waals surface area contributed by atoms with E-state index >= 15 is 0 Å². The number of amides is 2. The first-order valence-electron chi connectivity index (χ1n) is 13.2. The van der Waals surface area contributed by atoms with E-state index in [9.17, 15) is 18.0 Å². The number of carbonyl (C=O) groups excluding carboxylic acids is 2. The van der Waals surface area contributed by atoms with Crippen LogP contribution >= 0.6 is 23.2 Å². The highest BCUT2D eigenvalue weighted by Crippen LogP contribution is 2.26. The summed E-state index contributed by atoms with van der Waals surface area (Å²) in [6.07, 6.45) is 1.07. The molecule has 7 nitrogen and oxygen atoms in total. The van der Waals surface area contributed by atoms with E-state index in [0.717, 1.165) is 21.9 Å². The molecular weight excluding hydrogens is 569 g/mol. The summed E-state index contributed by atoms with van der Waals surface area (Å²) in [5.41, 5.74) is 1.93. The van der Waals surface area contributed by atoms with Crippen molar-refractivity contribution in [1.29, 1.82) is 0 Å². The molecule has 214 valence electrons. The molecule has 3 aromatic rings. The van der Waals surface area contributed by atoms with Crippen molar-refractivity contribution in [1.82, 2.24) is 10.2 Å². The number of nitrogens with zero attached hydrogens (tertiary/aromatic N) is 2. The van der Waals surface area contributed by atoms with Crippen molar-refractivity contribution in [2.24, 2.45) is 0 Å². The first-order valence-corrected chi connectivity index (χ1v) is 15.3. The van der Waals surface area contributed by atoms with E-state index in [2.05, 4.69) is 5.32 Å². The van der Waals surface area contributed by atoms with Gasteiger partial charge in [0.25, 0.3) is 10.0 Å². The Labute approximate surface area is 247 Å². The Kier molecular flexibility index (Phi) is 11.0. The van der Waals surface area contributed by atoms with Crippen LogP contribution in [0.5, 0.6) is 0 Å². The van der Waals surface area contributed by atoms with Crippen molar-refractivity contribution in [3.63, 3.8) is 0 Å². The fraction of sp³-hybridized carbons (Fsp3) is 0.333. The fourth-order valence-corrected chi connectivity index (χ4v) is 5.85. The maximum Gasteiger partial charge on any atom is 0.264 e. The van der Waals surface area contributed by atoms with Crippen molar-refractivity contribution < 1.29 is 18.0 Å². The lowest BCUT2D eigenvalue weighted by Crippen LogP contribution is -2.53. The maximum absolute atomic E-state index is 14.1. The number of sulfonamides is 1. The van der Waals surface area contributed by atoms with E-state index in [-0.39, 0.29) is 23.4 Å². The second-order valence-corrected chi connectivity index (χ2v) is 12.4. The largest absolute Gasteiger partial charge is 0.352 e. The van der Waals surface area contributed by atoms with E-state index in [1.807, 2.05) is 33.8 Å². The van der Waals surface area contributed by atoms with Crippen LogP contribution in [0.2, 0.25) is 10.0 Å². The Morgan fingerprint density at radius 3 is 2.05 bits per heavy atom. The topological polar surface area (TPSA) is 86.8 Å². The highest BCUT2D eigenvalue weighted by molar-refractivity contribution is 7.92. The molecule has 2 atom stereocenters. The normalized spacial score (nSPS) is 12.8. The van der Waals surface area contributed by atoms with Crippen molar-refractivity contribution in [2.45, 2.75) is 64.1 Å². The van der Waals surface area contributed by atoms with Crippen LogP contribution in [0.25, 0.3) is 0 Å². The molecule has 0 saturated heterocycles. The Bertz CT molecular complexity index is 1410. The molecule has 0 radical (unpaired) electrons. The second-order valence-electron chi connectivity index (χ2n) is 9.69. The lowest BCUT2D eigenvalue weighted by molar-refractivity contribution is -0.140. The molecule has 0 heterocycles. The van der Waals surface area contributed by atoms with Crippen molar-refractivity contribution in [2.75, 3.05) is 10.8 Å². The zero-order valence-corrected chi connectivity index (χ0v) is 25.4. The van der Waals surface area contributed by atoms with E-state index in [1.54, 1.807) is 42.5 Å². The van der Waals surface area contributed by atoms with Crippen LogP contribution in [0.3, 0.4) is 0 Å². The van der Waals surface area contributed by atoms with Crippen molar-refractivity contribution >= 4 is 50.7 Å². The standard InChI is InChI=1S/C30H35Cl2N3O4S/c1-5-22(4)33-30(37)28(6-2)34(19-23-10-12-24(31)13-11-23)29(36)20-35(26-9-7-8-21(3)18-26)40(38,39)27-16-14-25(32)15-17-27/h7-18,22,28H,5-6,19-20H2,1-4H3,(H,33,37)/t22-,28-/m1/s1. The highest BCUT2D eigenvalue weighted by atomic mass is 35.5. The molecule has 0 aliphatic carbocycles. The number of aryl methyl sites for hydroxylation is 1. The smallest absolute Gasteiger partial charge is 0.264 e. The van der Waals surface area contributed by atoms with E-state index in [0.29, 0.717) is 22.2 Å². The van der Waals surface area contributed by atoms with E-state index in [1.165, 1.54) is 29.2 Å². The molecule has 0 aromatic heterocycles. The minimum atomic E-state index is -4.16. The summed E-state index contributed by atoms with van der Waals surface area (Å²) in [6, 6.07) is 18.8. The van der Waals surface area contributed by atoms with Gasteiger partial charge in [0.1, 0.15) is 12.6 Å². The van der Waals surface area contributed by atoms with Gasteiger partial charge in [-0.2, -0.15) is 0 Å². The summed E-state index contributed by atoms with van der Waals surface area (Å²) in [5.74, 6) is -0.804. The lowest BCUT2D eigenvalue weighted by Gasteiger charge is -2.33. The van der Waals surface area contributed by atoms with Gasteiger partial charge in [-0.1, -0.05) is 61.3 Å². The van der Waals surface area contributed by atoms with Gasteiger partial charge in [0.15, 0.2) is 0 Å². The number of carbonyl (C=O) groups is 2. The summed E-state index contributed by atoms with van der Waals surface area (Å²) < 4.78 is 28.9. The second kappa shape index (κ2) is 14.0. The number of hydrogen-bond acceptors (Lipinski definition) is 4. The molecule has 0 bridgehead atoms. The van der Waals surface area contributed by atoms with Gasteiger partial charge in [-0.15, -0.1) is 0 Å². The molecule has 0 aliphatic rings. The number of hydrogen-bond donors (Lipinski definition) is 1. The Hall–Kier alpha value is -3.07.